The van der Waals surface area contributed by atoms with Gasteiger partial charge >= 0.3 is 0 Å². The van der Waals surface area contributed by atoms with E-state index >= 15 is 0 Å². The van der Waals surface area contributed by atoms with Gasteiger partial charge in [-0.3, -0.25) is 0 Å². The van der Waals surface area contributed by atoms with Gasteiger partial charge in [0, 0.05) is 19.6 Å². The molecule has 0 radical (unpaired) electrons. The van der Waals surface area contributed by atoms with Crippen molar-refractivity contribution in [2.45, 2.75) is 25.4 Å². The van der Waals surface area contributed by atoms with E-state index in [1.165, 1.54) is 5.56 Å². The second-order valence-corrected chi connectivity index (χ2v) is 4.51. The summed E-state index contributed by atoms with van der Waals surface area (Å²) < 4.78 is 0. The maximum atomic E-state index is 9.44. The standard InChI is InChI=1S/C13H19NO/c1-11(12-5-3-2-4-6-12)9-14-8-7-13(15)10-14/h2-6,11,13,15H,7-10H2,1H3/t11-,13-/m0/s1. The molecule has 15 heavy (non-hydrogen) atoms. The van der Waals surface area contributed by atoms with Crippen LogP contribution in [0, 0.1) is 0 Å². The Balaban J connectivity index is 1.90. The minimum Gasteiger partial charge on any atom is -0.392 e. The Kier molecular flexibility index (Phi) is 3.39. The van der Waals surface area contributed by atoms with E-state index in [1.807, 2.05) is 0 Å². The summed E-state index contributed by atoms with van der Waals surface area (Å²) in [5.41, 5.74) is 1.39. The predicted molar refractivity (Wildman–Crippen MR) is 61.9 cm³/mol. The highest BCUT2D eigenvalue weighted by molar-refractivity contribution is 5.19. The van der Waals surface area contributed by atoms with Crippen molar-refractivity contribution in [3.63, 3.8) is 0 Å². The van der Waals surface area contributed by atoms with Crippen LogP contribution in [0.15, 0.2) is 30.3 Å². The van der Waals surface area contributed by atoms with Gasteiger partial charge in [0.2, 0.25) is 0 Å². The first-order valence-corrected chi connectivity index (χ1v) is 5.71. The van der Waals surface area contributed by atoms with Gasteiger partial charge in [-0.2, -0.15) is 0 Å². The van der Waals surface area contributed by atoms with Crippen molar-refractivity contribution in [3.8, 4) is 0 Å². The van der Waals surface area contributed by atoms with Crippen molar-refractivity contribution in [2.75, 3.05) is 19.6 Å². The Morgan fingerprint density at radius 3 is 2.73 bits per heavy atom. The highest BCUT2D eigenvalue weighted by atomic mass is 16.3. The SMILES string of the molecule is C[C@@H](CN1CC[C@H](O)C1)c1ccccc1. The third-order valence-corrected chi connectivity index (χ3v) is 3.15. The van der Waals surface area contributed by atoms with Crippen LogP contribution in [0.3, 0.4) is 0 Å². The lowest BCUT2D eigenvalue weighted by molar-refractivity contribution is 0.175. The molecule has 1 fully saturated rings. The Morgan fingerprint density at radius 2 is 2.13 bits per heavy atom. The van der Waals surface area contributed by atoms with Crippen molar-refractivity contribution < 1.29 is 5.11 Å². The predicted octanol–water partition coefficient (Wildman–Crippen LogP) is 1.86. The lowest BCUT2D eigenvalue weighted by atomic mass is 10.0. The van der Waals surface area contributed by atoms with Gasteiger partial charge < -0.3 is 10.0 Å². The third kappa shape index (κ3) is 2.80. The molecule has 2 heteroatoms. The molecule has 2 rings (SSSR count). The van der Waals surface area contributed by atoms with Crippen molar-refractivity contribution in [1.82, 2.24) is 4.90 Å². The topological polar surface area (TPSA) is 23.5 Å². The summed E-state index contributed by atoms with van der Waals surface area (Å²) in [6.45, 7) is 5.19. The molecule has 2 atom stereocenters. The molecule has 1 N–H and O–H groups in total. The molecule has 0 spiro atoms. The molecule has 2 nitrogen and oxygen atoms in total. The van der Waals surface area contributed by atoms with Crippen LogP contribution >= 0.6 is 0 Å². The van der Waals surface area contributed by atoms with Crippen molar-refractivity contribution in [3.05, 3.63) is 35.9 Å². The van der Waals surface area contributed by atoms with Gasteiger partial charge in [0.15, 0.2) is 0 Å². The molecule has 1 saturated heterocycles. The minimum atomic E-state index is -0.104. The molecule has 0 saturated carbocycles. The van der Waals surface area contributed by atoms with Gasteiger partial charge in [-0.1, -0.05) is 37.3 Å². The first-order valence-electron chi connectivity index (χ1n) is 5.71. The Morgan fingerprint density at radius 1 is 1.40 bits per heavy atom. The van der Waals surface area contributed by atoms with Gasteiger partial charge in [-0.25, -0.2) is 0 Å². The van der Waals surface area contributed by atoms with Gasteiger partial charge in [0.05, 0.1) is 6.10 Å². The van der Waals surface area contributed by atoms with E-state index in [0.29, 0.717) is 5.92 Å². The second kappa shape index (κ2) is 4.77. The molecule has 0 aliphatic carbocycles. The minimum absolute atomic E-state index is 0.104. The van der Waals surface area contributed by atoms with Gasteiger partial charge in [-0.15, -0.1) is 0 Å². The molecule has 0 aromatic heterocycles. The van der Waals surface area contributed by atoms with Crippen LogP contribution in [0.5, 0.6) is 0 Å². The Bertz CT molecular complexity index is 299. The number of aliphatic hydroxyl groups excluding tert-OH is 1. The maximum absolute atomic E-state index is 9.44. The van der Waals surface area contributed by atoms with E-state index in [9.17, 15) is 5.11 Å². The fourth-order valence-electron chi connectivity index (χ4n) is 2.25. The maximum Gasteiger partial charge on any atom is 0.0679 e. The molecule has 1 heterocycles. The molecule has 1 aliphatic rings. The number of aliphatic hydroxyl groups is 1. The molecular weight excluding hydrogens is 186 g/mol. The highest BCUT2D eigenvalue weighted by Crippen LogP contribution is 2.18. The summed E-state index contributed by atoms with van der Waals surface area (Å²) in [7, 11) is 0. The summed E-state index contributed by atoms with van der Waals surface area (Å²) in [5, 5.41) is 9.44. The first kappa shape index (κ1) is 10.7. The van der Waals surface area contributed by atoms with Crippen LogP contribution in [-0.2, 0) is 0 Å². The number of rotatable bonds is 3. The lowest BCUT2D eigenvalue weighted by Crippen LogP contribution is -2.26. The molecule has 1 aromatic carbocycles. The molecule has 82 valence electrons. The van der Waals surface area contributed by atoms with E-state index in [0.717, 1.165) is 26.1 Å². The van der Waals surface area contributed by atoms with E-state index < -0.39 is 0 Å². The summed E-state index contributed by atoms with van der Waals surface area (Å²) in [6.07, 6.45) is 0.828. The monoisotopic (exact) mass is 205 g/mol. The van der Waals surface area contributed by atoms with E-state index in [2.05, 4.69) is 42.2 Å². The van der Waals surface area contributed by atoms with Crippen LogP contribution in [0.25, 0.3) is 0 Å². The summed E-state index contributed by atoms with van der Waals surface area (Å²) >= 11 is 0. The van der Waals surface area contributed by atoms with Gasteiger partial charge in [0.25, 0.3) is 0 Å². The van der Waals surface area contributed by atoms with Crippen LogP contribution in [0.1, 0.15) is 24.8 Å². The fraction of sp³-hybridized carbons (Fsp3) is 0.538. The first-order chi connectivity index (χ1) is 7.25. The van der Waals surface area contributed by atoms with Crippen molar-refractivity contribution in [2.24, 2.45) is 0 Å². The molecule has 1 aliphatic heterocycles. The van der Waals surface area contributed by atoms with Crippen molar-refractivity contribution >= 4 is 0 Å². The average molecular weight is 205 g/mol. The summed E-state index contributed by atoms with van der Waals surface area (Å²) in [5.74, 6) is 0.552. The quantitative estimate of drug-likeness (QED) is 0.814. The molecule has 0 amide bonds. The van der Waals surface area contributed by atoms with Crippen molar-refractivity contribution in [1.29, 1.82) is 0 Å². The zero-order chi connectivity index (χ0) is 10.7. The summed E-state index contributed by atoms with van der Waals surface area (Å²) in [6, 6.07) is 10.6. The van der Waals surface area contributed by atoms with Crippen LogP contribution in [-0.4, -0.2) is 35.7 Å². The second-order valence-electron chi connectivity index (χ2n) is 4.51. The number of nitrogens with zero attached hydrogens (tertiary/aromatic N) is 1. The third-order valence-electron chi connectivity index (χ3n) is 3.15. The molecule has 0 bridgehead atoms. The number of benzene rings is 1. The van der Waals surface area contributed by atoms with Gasteiger partial charge in [-0.05, 0) is 17.9 Å². The van der Waals surface area contributed by atoms with Gasteiger partial charge in [0.1, 0.15) is 0 Å². The number of hydrogen-bond acceptors (Lipinski definition) is 2. The van der Waals surface area contributed by atoms with Crippen LogP contribution in [0.4, 0.5) is 0 Å². The zero-order valence-corrected chi connectivity index (χ0v) is 9.26. The van der Waals surface area contributed by atoms with E-state index in [1.54, 1.807) is 0 Å². The molecule has 1 aromatic rings. The van der Waals surface area contributed by atoms with E-state index in [4.69, 9.17) is 0 Å². The van der Waals surface area contributed by atoms with Crippen LogP contribution in [0.2, 0.25) is 0 Å². The normalized spacial score (nSPS) is 24.3. The number of β-amino-alcohol motifs (C(OH)–C–C–N with tert-alkyl or cyclic N) is 1. The average Bonchev–Trinajstić information content (AvgIpc) is 2.65. The number of likely N-dealkylation sites (tertiary alicyclic amines) is 1. The molecular formula is C13H19NO. The largest absolute Gasteiger partial charge is 0.392 e. The smallest absolute Gasteiger partial charge is 0.0679 e. The Labute approximate surface area is 91.5 Å². The zero-order valence-electron chi connectivity index (χ0n) is 9.26. The highest BCUT2D eigenvalue weighted by Gasteiger charge is 2.21. The summed E-state index contributed by atoms with van der Waals surface area (Å²) in [4.78, 5) is 2.35. The fourth-order valence-corrected chi connectivity index (χ4v) is 2.25. The number of hydrogen-bond donors (Lipinski definition) is 1. The molecule has 0 unspecified atom stereocenters. The van der Waals surface area contributed by atoms with E-state index in [-0.39, 0.29) is 6.10 Å². The Hall–Kier alpha value is -0.860. The lowest BCUT2D eigenvalue weighted by Gasteiger charge is -2.20. The van der Waals surface area contributed by atoms with Crippen LogP contribution < -0.4 is 0 Å².